The van der Waals surface area contributed by atoms with E-state index in [1.807, 2.05) is 32.0 Å². The van der Waals surface area contributed by atoms with Gasteiger partial charge in [0.2, 0.25) is 0 Å². The highest BCUT2D eigenvalue weighted by Gasteiger charge is 2.21. The zero-order valence-electron chi connectivity index (χ0n) is 15.1. The molecule has 0 aliphatic carbocycles. The quantitative estimate of drug-likeness (QED) is 0.704. The van der Waals surface area contributed by atoms with Crippen molar-refractivity contribution < 1.29 is 22.8 Å². The number of benzene rings is 2. The molecule has 0 bridgehead atoms. The second-order valence-corrected chi connectivity index (χ2v) is 6.21. The molecular formula is C20H18F2N2O3. The molecule has 0 fully saturated rings. The first-order valence-corrected chi connectivity index (χ1v) is 8.26. The maximum atomic E-state index is 13.3. The standard InChI is InChI=1S/C20H18F2N2O3/c1-11-4-5-12(2)18(8-11)26-10-15-13(3)27-24-19(15)20(25)23-14-6-7-16(21)17(22)9-14/h4-9H,10H2,1-3H3,(H,23,25). The molecule has 0 unspecified atom stereocenters. The van der Waals surface area contributed by atoms with Gasteiger partial charge in [-0.15, -0.1) is 0 Å². The summed E-state index contributed by atoms with van der Waals surface area (Å²) >= 11 is 0. The average Bonchev–Trinajstić information content (AvgIpc) is 3.00. The molecule has 0 aliphatic rings. The van der Waals surface area contributed by atoms with Crippen LogP contribution >= 0.6 is 0 Å². The van der Waals surface area contributed by atoms with E-state index in [1.54, 1.807) is 6.92 Å². The smallest absolute Gasteiger partial charge is 0.278 e. The van der Waals surface area contributed by atoms with Crippen LogP contribution in [0.4, 0.5) is 14.5 Å². The number of aromatic nitrogens is 1. The summed E-state index contributed by atoms with van der Waals surface area (Å²) in [6.45, 7) is 5.63. The molecule has 2 aromatic carbocycles. The van der Waals surface area contributed by atoms with E-state index in [1.165, 1.54) is 6.07 Å². The number of anilines is 1. The van der Waals surface area contributed by atoms with Gasteiger partial charge in [-0.25, -0.2) is 8.78 Å². The van der Waals surface area contributed by atoms with Crippen molar-refractivity contribution >= 4 is 11.6 Å². The van der Waals surface area contributed by atoms with Crippen LogP contribution in [0, 0.1) is 32.4 Å². The Labute approximate surface area is 154 Å². The lowest BCUT2D eigenvalue weighted by Gasteiger charge is -2.10. The number of carbonyl (C=O) groups is 1. The zero-order chi connectivity index (χ0) is 19.6. The highest BCUT2D eigenvalue weighted by molar-refractivity contribution is 6.03. The summed E-state index contributed by atoms with van der Waals surface area (Å²) < 4.78 is 37.3. The number of aryl methyl sites for hydroxylation is 3. The minimum Gasteiger partial charge on any atom is -0.488 e. The van der Waals surface area contributed by atoms with Gasteiger partial charge >= 0.3 is 0 Å². The van der Waals surface area contributed by atoms with Crippen LogP contribution in [0.3, 0.4) is 0 Å². The first-order chi connectivity index (χ1) is 12.8. The molecule has 1 aromatic heterocycles. The molecule has 1 amide bonds. The van der Waals surface area contributed by atoms with Crippen molar-refractivity contribution in [1.29, 1.82) is 0 Å². The summed E-state index contributed by atoms with van der Waals surface area (Å²) in [5, 5.41) is 6.24. The number of halogens is 2. The van der Waals surface area contributed by atoms with E-state index >= 15 is 0 Å². The number of amides is 1. The maximum absolute atomic E-state index is 13.3. The summed E-state index contributed by atoms with van der Waals surface area (Å²) in [5.41, 5.74) is 2.64. The number of rotatable bonds is 5. The predicted octanol–water partition coefficient (Wildman–Crippen LogP) is 4.71. The Morgan fingerprint density at radius 2 is 1.89 bits per heavy atom. The monoisotopic (exact) mass is 372 g/mol. The number of nitrogens with zero attached hydrogens (tertiary/aromatic N) is 1. The van der Waals surface area contributed by atoms with E-state index in [2.05, 4.69) is 10.5 Å². The zero-order valence-corrected chi connectivity index (χ0v) is 15.1. The van der Waals surface area contributed by atoms with Gasteiger partial charge in [-0.3, -0.25) is 4.79 Å². The van der Waals surface area contributed by atoms with Crippen LogP contribution in [0.5, 0.6) is 5.75 Å². The van der Waals surface area contributed by atoms with E-state index in [0.717, 1.165) is 23.3 Å². The highest BCUT2D eigenvalue weighted by atomic mass is 19.2. The lowest BCUT2D eigenvalue weighted by molar-refractivity contribution is 0.101. The van der Waals surface area contributed by atoms with Crippen molar-refractivity contribution in [3.63, 3.8) is 0 Å². The van der Waals surface area contributed by atoms with Crippen molar-refractivity contribution in [2.45, 2.75) is 27.4 Å². The molecule has 0 spiro atoms. The number of hydrogen-bond acceptors (Lipinski definition) is 4. The minimum absolute atomic E-state index is 0.0301. The Bertz CT molecular complexity index is 999. The lowest BCUT2D eigenvalue weighted by Crippen LogP contribution is -2.15. The fraction of sp³-hybridized carbons (Fsp3) is 0.200. The summed E-state index contributed by atoms with van der Waals surface area (Å²) in [5.74, 6) is -1.51. The number of hydrogen-bond donors (Lipinski definition) is 1. The molecule has 7 heteroatoms. The number of carbonyl (C=O) groups excluding carboxylic acids is 1. The molecule has 3 rings (SSSR count). The van der Waals surface area contributed by atoms with Crippen molar-refractivity contribution in [3.8, 4) is 5.75 Å². The van der Waals surface area contributed by atoms with E-state index < -0.39 is 17.5 Å². The highest BCUT2D eigenvalue weighted by Crippen LogP contribution is 2.23. The topological polar surface area (TPSA) is 64.4 Å². The fourth-order valence-electron chi connectivity index (χ4n) is 2.52. The second-order valence-electron chi connectivity index (χ2n) is 6.21. The Morgan fingerprint density at radius 3 is 2.63 bits per heavy atom. The van der Waals surface area contributed by atoms with E-state index in [0.29, 0.717) is 17.1 Å². The van der Waals surface area contributed by atoms with Crippen LogP contribution in [0.1, 0.15) is 32.9 Å². The summed E-state index contributed by atoms with van der Waals surface area (Å²) in [6, 6.07) is 8.92. The lowest BCUT2D eigenvalue weighted by atomic mass is 10.1. The van der Waals surface area contributed by atoms with Gasteiger partial charge < -0.3 is 14.6 Å². The van der Waals surface area contributed by atoms with E-state index in [-0.39, 0.29) is 18.0 Å². The van der Waals surface area contributed by atoms with Crippen molar-refractivity contribution in [2.24, 2.45) is 0 Å². The van der Waals surface area contributed by atoms with Gasteiger partial charge in [0.25, 0.3) is 5.91 Å². The normalized spacial score (nSPS) is 10.7. The van der Waals surface area contributed by atoms with Gasteiger partial charge in [0.1, 0.15) is 18.1 Å². The van der Waals surface area contributed by atoms with Crippen LogP contribution < -0.4 is 10.1 Å². The Hall–Kier alpha value is -3.22. The minimum atomic E-state index is -1.05. The van der Waals surface area contributed by atoms with Gasteiger partial charge in [0.05, 0.1) is 5.56 Å². The third kappa shape index (κ3) is 4.13. The molecule has 3 aromatic rings. The molecule has 27 heavy (non-hydrogen) atoms. The molecular weight excluding hydrogens is 354 g/mol. The molecule has 5 nitrogen and oxygen atoms in total. The average molecular weight is 372 g/mol. The van der Waals surface area contributed by atoms with E-state index in [4.69, 9.17) is 9.26 Å². The third-order valence-electron chi connectivity index (χ3n) is 4.09. The fourth-order valence-corrected chi connectivity index (χ4v) is 2.52. The maximum Gasteiger partial charge on any atom is 0.278 e. The molecule has 0 aliphatic heterocycles. The van der Waals surface area contributed by atoms with Crippen LogP contribution in [-0.4, -0.2) is 11.1 Å². The van der Waals surface area contributed by atoms with Gasteiger partial charge in [-0.2, -0.15) is 0 Å². The largest absolute Gasteiger partial charge is 0.488 e. The van der Waals surface area contributed by atoms with Crippen molar-refractivity contribution in [1.82, 2.24) is 5.16 Å². The van der Waals surface area contributed by atoms with Gasteiger partial charge in [-0.05, 0) is 50.1 Å². The summed E-state index contributed by atoms with van der Waals surface area (Å²) in [4.78, 5) is 12.5. The number of ether oxygens (including phenoxy) is 1. The van der Waals surface area contributed by atoms with Crippen LogP contribution in [-0.2, 0) is 6.61 Å². The first kappa shape index (κ1) is 18.6. The van der Waals surface area contributed by atoms with Crippen molar-refractivity contribution in [2.75, 3.05) is 5.32 Å². The van der Waals surface area contributed by atoms with Crippen LogP contribution in [0.15, 0.2) is 40.9 Å². The molecule has 140 valence electrons. The van der Waals surface area contributed by atoms with Crippen LogP contribution in [0.2, 0.25) is 0 Å². The predicted molar refractivity (Wildman–Crippen MR) is 95.8 cm³/mol. The molecule has 1 heterocycles. The Morgan fingerprint density at radius 1 is 1.11 bits per heavy atom. The third-order valence-corrected chi connectivity index (χ3v) is 4.09. The molecule has 1 N–H and O–H groups in total. The van der Waals surface area contributed by atoms with E-state index in [9.17, 15) is 13.6 Å². The molecule has 0 saturated carbocycles. The van der Waals surface area contributed by atoms with Gasteiger partial charge in [0.15, 0.2) is 17.3 Å². The van der Waals surface area contributed by atoms with Gasteiger partial charge in [0, 0.05) is 11.8 Å². The molecule has 0 saturated heterocycles. The molecule has 0 atom stereocenters. The Balaban J connectivity index is 1.78. The van der Waals surface area contributed by atoms with Crippen LogP contribution in [0.25, 0.3) is 0 Å². The second kappa shape index (κ2) is 7.57. The van der Waals surface area contributed by atoms with Crippen molar-refractivity contribution in [3.05, 3.63) is 76.2 Å². The summed E-state index contributed by atoms with van der Waals surface area (Å²) in [7, 11) is 0. The molecule has 0 radical (unpaired) electrons. The first-order valence-electron chi connectivity index (χ1n) is 8.26. The summed E-state index contributed by atoms with van der Waals surface area (Å²) in [6.07, 6.45) is 0. The number of nitrogens with one attached hydrogen (secondary N) is 1. The van der Waals surface area contributed by atoms with Gasteiger partial charge in [-0.1, -0.05) is 17.3 Å². The SMILES string of the molecule is Cc1ccc(C)c(OCc2c(C(=O)Nc3ccc(F)c(F)c3)noc2C)c1. The Kier molecular flexibility index (Phi) is 5.21.